The first kappa shape index (κ1) is 16.2. The van der Waals surface area contributed by atoms with Crippen LogP contribution in [0.5, 0.6) is 0 Å². The highest BCUT2D eigenvalue weighted by Gasteiger charge is 2.41. The molecule has 0 amide bonds. The van der Waals surface area contributed by atoms with Crippen LogP contribution in [0.2, 0.25) is 0 Å². The molecule has 1 aliphatic rings. The molecule has 0 bridgehead atoms. The average molecular weight is 344 g/mol. The molecular formula is C17H16N2O4S. The van der Waals surface area contributed by atoms with E-state index in [9.17, 15) is 18.5 Å². The summed E-state index contributed by atoms with van der Waals surface area (Å²) in [5.41, 5.74) is 1.86. The fourth-order valence-electron chi connectivity index (χ4n) is 2.73. The van der Waals surface area contributed by atoms with Crippen molar-refractivity contribution in [1.29, 1.82) is 0 Å². The molecule has 24 heavy (non-hydrogen) atoms. The minimum atomic E-state index is -3.58. The Hall–Kier alpha value is -2.67. The fraction of sp³-hybridized carbons (Fsp3) is 0.176. The second kappa shape index (κ2) is 6.45. The highest BCUT2D eigenvalue weighted by atomic mass is 32.2. The van der Waals surface area contributed by atoms with Gasteiger partial charge in [0.05, 0.1) is 5.41 Å². The topological polar surface area (TPSA) is 80.5 Å². The van der Waals surface area contributed by atoms with Crippen LogP contribution in [-0.2, 0) is 16.4 Å². The molecule has 0 aromatic heterocycles. The van der Waals surface area contributed by atoms with Crippen molar-refractivity contribution >= 4 is 15.5 Å². The smallest absolute Gasteiger partial charge is 0.267 e. The molecule has 1 aliphatic heterocycles. The highest BCUT2D eigenvalue weighted by Crippen LogP contribution is 2.30. The van der Waals surface area contributed by atoms with E-state index in [-0.39, 0.29) is 5.70 Å². The van der Waals surface area contributed by atoms with Gasteiger partial charge in [-0.3, -0.25) is 10.1 Å². The van der Waals surface area contributed by atoms with Crippen molar-refractivity contribution in [2.75, 3.05) is 10.7 Å². The number of anilines is 1. The van der Waals surface area contributed by atoms with Crippen LogP contribution in [0.1, 0.15) is 5.56 Å². The Morgan fingerprint density at radius 3 is 2.21 bits per heavy atom. The van der Waals surface area contributed by atoms with Gasteiger partial charge >= 0.3 is 0 Å². The summed E-state index contributed by atoms with van der Waals surface area (Å²) >= 11 is 0. The van der Waals surface area contributed by atoms with Crippen LogP contribution >= 0.6 is 0 Å². The Morgan fingerprint density at radius 1 is 1.04 bits per heavy atom. The Balaban J connectivity index is 2.06. The van der Waals surface area contributed by atoms with Gasteiger partial charge in [0.25, 0.3) is 6.04 Å². The first-order valence-corrected chi connectivity index (χ1v) is 9.12. The quantitative estimate of drug-likeness (QED) is 0.615. The van der Waals surface area contributed by atoms with Gasteiger partial charge < -0.3 is 4.90 Å². The summed E-state index contributed by atoms with van der Waals surface area (Å²) < 4.78 is 23.9. The number of hydrogen-bond donors (Lipinski definition) is 0. The number of nitrogens with zero attached hydrogens (tertiary/aromatic N) is 2. The Morgan fingerprint density at radius 2 is 1.62 bits per heavy atom. The molecular weight excluding hydrogens is 328 g/mol. The maximum absolute atomic E-state index is 11.9. The van der Waals surface area contributed by atoms with Crippen molar-refractivity contribution in [2.24, 2.45) is 0 Å². The Labute approximate surface area is 140 Å². The summed E-state index contributed by atoms with van der Waals surface area (Å²) in [5, 5.41) is 12.4. The summed E-state index contributed by atoms with van der Waals surface area (Å²) in [4.78, 5) is 12.5. The van der Waals surface area contributed by atoms with Crippen LogP contribution < -0.4 is 4.90 Å². The van der Waals surface area contributed by atoms with Crippen LogP contribution in [0.25, 0.3) is 0 Å². The van der Waals surface area contributed by atoms with E-state index in [0.29, 0.717) is 6.54 Å². The largest absolute Gasteiger partial charge is 0.334 e. The maximum Gasteiger partial charge on any atom is 0.267 e. The molecule has 1 heterocycles. The summed E-state index contributed by atoms with van der Waals surface area (Å²) in [6.07, 6.45) is 0. The number of rotatable bonds is 5. The summed E-state index contributed by atoms with van der Waals surface area (Å²) in [7, 11) is -3.58. The SMILES string of the molecule is O=[N+]([O-])[C@@H]1CS(=O)(=O)C=C1N(Cc1ccccc1)c1ccccc1. The zero-order chi connectivity index (χ0) is 17.2. The molecule has 7 heteroatoms. The molecule has 0 radical (unpaired) electrons. The monoisotopic (exact) mass is 344 g/mol. The molecule has 124 valence electrons. The van der Waals surface area contributed by atoms with Gasteiger partial charge in [-0.1, -0.05) is 48.5 Å². The van der Waals surface area contributed by atoms with Gasteiger partial charge in [-0.25, -0.2) is 8.42 Å². The summed E-state index contributed by atoms with van der Waals surface area (Å²) in [5.74, 6) is -0.493. The van der Waals surface area contributed by atoms with Crippen LogP contribution in [0.15, 0.2) is 71.8 Å². The van der Waals surface area contributed by atoms with Gasteiger partial charge in [0.15, 0.2) is 9.84 Å². The van der Waals surface area contributed by atoms with Crippen LogP contribution in [-0.4, -0.2) is 25.1 Å². The number of para-hydroxylation sites is 1. The lowest BCUT2D eigenvalue weighted by Crippen LogP contribution is -2.34. The predicted octanol–water partition coefficient (Wildman–Crippen LogP) is 2.61. The zero-order valence-electron chi connectivity index (χ0n) is 12.8. The van der Waals surface area contributed by atoms with Crippen molar-refractivity contribution in [1.82, 2.24) is 0 Å². The normalized spacial score (nSPS) is 18.8. The zero-order valence-corrected chi connectivity index (χ0v) is 13.6. The van der Waals surface area contributed by atoms with E-state index < -0.39 is 26.6 Å². The van der Waals surface area contributed by atoms with Crippen molar-refractivity contribution in [3.8, 4) is 0 Å². The summed E-state index contributed by atoms with van der Waals surface area (Å²) in [6, 6.07) is 17.3. The second-order valence-corrected chi connectivity index (χ2v) is 7.48. The molecule has 2 aromatic carbocycles. The molecule has 0 aliphatic carbocycles. The van der Waals surface area contributed by atoms with Crippen molar-refractivity contribution in [2.45, 2.75) is 12.6 Å². The molecule has 0 N–H and O–H groups in total. The number of benzene rings is 2. The Bertz CT molecular complexity index is 864. The Kier molecular flexibility index (Phi) is 4.35. The van der Waals surface area contributed by atoms with Crippen molar-refractivity contribution < 1.29 is 13.3 Å². The van der Waals surface area contributed by atoms with Crippen molar-refractivity contribution in [3.05, 3.63) is 87.4 Å². The lowest BCUT2D eigenvalue weighted by Gasteiger charge is -2.26. The minimum Gasteiger partial charge on any atom is -0.334 e. The number of hydrogen-bond acceptors (Lipinski definition) is 5. The van der Waals surface area contributed by atoms with Crippen LogP contribution in [0, 0.1) is 10.1 Å². The molecule has 2 aromatic rings. The van der Waals surface area contributed by atoms with Gasteiger partial charge in [-0.05, 0) is 17.7 Å². The fourth-order valence-corrected chi connectivity index (χ4v) is 4.22. The van der Waals surface area contributed by atoms with E-state index in [1.807, 2.05) is 60.7 Å². The molecule has 0 saturated carbocycles. The van der Waals surface area contributed by atoms with E-state index >= 15 is 0 Å². The van der Waals surface area contributed by atoms with E-state index in [1.54, 1.807) is 4.90 Å². The third kappa shape index (κ3) is 3.46. The predicted molar refractivity (Wildman–Crippen MR) is 91.7 cm³/mol. The molecule has 0 saturated heterocycles. The molecule has 6 nitrogen and oxygen atoms in total. The van der Waals surface area contributed by atoms with Gasteiger partial charge in [0, 0.05) is 17.2 Å². The molecule has 0 spiro atoms. The van der Waals surface area contributed by atoms with Gasteiger partial charge in [-0.2, -0.15) is 0 Å². The van der Waals surface area contributed by atoms with E-state index in [1.165, 1.54) is 0 Å². The van der Waals surface area contributed by atoms with E-state index in [4.69, 9.17) is 0 Å². The third-order valence-electron chi connectivity index (χ3n) is 3.85. The molecule has 3 rings (SSSR count). The molecule has 1 atom stereocenters. The highest BCUT2D eigenvalue weighted by molar-refractivity contribution is 7.94. The van der Waals surface area contributed by atoms with Crippen LogP contribution in [0.3, 0.4) is 0 Å². The van der Waals surface area contributed by atoms with Gasteiger partial charge in [-0.15, -0.1) is 0 Å². The lowest BCUT2D eigenvalue weighted by atomic mass is 10.1. The van der Waals surface area contributed by atoms with Crippen molar-refractivity contribution in [3.63, 3.8) is 0 Å². The standard InChI is InChI=1S/C17H16N2O4S/c20-19(21)17-13-24(22,23)12-16(17)18(15-9-5-2-6-10-15)11-14-7-3-1-4-8-14/h1-10,12,17H,11,13H2/t17-/m1/s1. The molecule has 0 fully saturated rings. The number of sulfone groups is 1. The average Bonchev–Trinajstić information content (AvgIpc) is 2.90. The lowest BCUT2D eigenvalue weighted by molar-refractivity contribution is -0.506. The summed E-state index contributed by atoms with van der Waals surface area (Å²) in [6.45, 7) is 0.358. The number of nitro groups is 1. The van der Waals surface area contributed by atoms with Gasteiger partial charge in [0.1, 0.15) is 11.4 Å². The van der Waals surface area contributed by atoms with Crippen LogP contribution in [0.4, 0.5) is 5.69 Å². The maximum atomic E-state index is 11.9. The van der Waals surface area contributed by atoms with E-state index in [2.05, 4.69) is 0 Å². The van der Waals surface area contributed by atoms with E-state index in [0.717, 1.165) is 16.7 Å². The first-order valence-electron chi connectivity index (χ1n) is 7.41. The third-order valence-corrected chi connectivity index (χ3v) is 5.23. The van der Waals surface area contributed by atoms with Gasteiger partial charge in [0.2, 0.25) is 0 Å². The first-order chi connectivity index (χ1) is 11.5. The second-order valence-electron chi connectivity index (χ2n) is 5.58. The minimum absolute atomic E-state index is 0.204. The molecule has 0 unspecified atom stereocenters.